The molecule has 1 aliphatic heterocycles. The molecule has 16 heavy (non-hydrogen) atoms. The number of para-hydroxylation sites is 1. The number of rotatable bonds is 2. The smallest absolute Gasteiger partial charge is 0.111 e. The van der Waals surface area contributed by atoms with Gasteiger partial charge in [0.05, 0.1) is 16.3 Å². The minimum atomic E-state index is 0.502. The van der Waals surface area contributed by atoms with Gasteiger partial charge in [-0.3, -0.25) is 0 Å². The third kappa shape index (κ3) is 1.64. The predicted molar refractivity (Wildman–Crippen MR) is 69.0 cm³/mol. The Kier molecular flexibility index (Phi) is 2.65. The van der Waals surface area contributed by atoms with Crippen LogP contribution in [0.2, 0.25) is 0 Å². The van der Waals surface area contributed by atoms with Crippen LogP contribution >= 0.6 is 11.3 Å². The van der Waals surface area contributed by atoms with Crippen molar-refractivity contribution in [2.45, 2.75) is 32.2 Å². The van der Waals surface area contributed by atoms with E-state index in [0.29, 0.717) is 6.04 Å². The van der Waals surface area contributed by atoms with Gasteiger partial charge >= 0.3 is 0 Å². The Hall–Kier alpha value is -0.930. The summed E-state index contributed by atoms with van der Waals surface area (Å²) in [6.07, 6.45) is 3.58. The van der Waals surface area contributed by atoms with Crippen LogP contribution in [0.1, 0.15) is 36.4 Å². The molecular weight excluding hydrogens is 216 g/mol. The van der Waals surface area contributed by atoms with E-state index in [4.69, 9.17) is 4.98 Å². The monoisotopic (exact) mass is 232 g/mol. The average molecular weight is 232 g/mol. The Balaban J connectivity index is 2.07. The van der Waals surface area contributed by atoms with Crippen molar-refractivity contribution in [3.05, 3.63) is 28.8 Å². The van der Waals surface area contributed by atoms with Crippen LogP contribution < -0.4 is 5.32 Å². The highest BCUT2D eigenvalue weighted by Crippen LogP contribution is 2.32. The number of thiazole rings is 1. The Morgan fingerprint density at radius 3 is 3.19 bits per heavy atom. The summed E-state index contributed by atoms with van der Waals surface area (Å²) in [7, 11) is 0. The first-order valence-electron chi connectivity index (χ1n) is 6.00. The van der Waals surface area contributed by atoms with Gasteiger partial charge in [-0.15, -0.1) is 11.3 Å². The topological polar surface area (TPSA) is 24.9 Å². The van der Waals surface area contributed by atoms with Crippen LogP contribution in [0.4, 0.5) is 0 Å². The first-order valence-corrected chi connectivity index (χ1v) is 6.82. The third-order valence-corrected chi connectivity index (χ3v) is 4.39. The maximum absolute atomic E-state index is 4.82. The van der Waals surface area contributed by atoms with Gasteiger partial charge in [-0.25, -0.2) is 4.98 Å². The van der Waals surface area contributed by atoms with E-state index in [-0.39, 0.29) is 0 Å². The predicted octanol–water partition coefficient (Wildman–Crippen LogP) is 3.28. The summed E-state index contributed by atoms with van der Waals surface area (Å²) in [6.45, 7) is 3.34. The van der Waals surface area contributed by atoms with Gasteiger partial charge in [0, 0.05) is 0 Å². The highest BCUT2D eigenvalue weighted by atomic mass is 32.1. The zero-order valence-corrected chi connectivity index (χ0v) is 10.3. The van der Waals surface area contributed by atoms with Crippen LogP contribution in [-0.4, -0.2) is 11.5 Å². The van der Waals surface area contributed by atoms with Gasteiger partial charge in [0.25, 0.3) is 0 Å². The van der Waals surface area contributed by atoms with E-state index in [1.807, 2.05) is 11.3 Å². The van der Waals surface area contributed by atoms with E-state index in [9.17, 15) is 0 Å². The number of aromatic nitrogens is 1. The Bertz CT molecular complexity index is 498. The zero-order chi connectivity index (χ0) is 11.0. The van der Waals surface area contributed by atoms with Crippen LogP contribution in [0.25, 0.3) is 10.2 Å². The van der Waals surface area contributed by atoms with E-state index in [1.54, 1.807) is 0 Å². The number of hydrogen-bond acceptors (Lipinski definition) is 3. The summed E-state index contributed by atoms with van der Waals surface area (Å²) >= 11 is 1.85. The van der Waals surface area contributed by atoms with Gasteiger partial charge in [0.1, 0.15) is 5.01 Å². The largest absolute Gasteiger partial charge is 0.308 e. The lowest BCUT2D eigenvalue weighted by molar-refractivity contribution is 0.644. The van der Waals surface area contributed by atoms with Crippen LogP contribution in [0.5, 0.6) is 0 Å². The third-order valence-electron chi connectivity index (χ3n) is 3.26. The molecule has 1 unspecified atom stereocenters. The molecule has 1 aromatic heterocycles. The highest BCUT2D eigenvalue weighted by Gasteiger charge is 2.20. The number of fused-ring (bicyclic) bond motifs is 1. The van der Waals surface area contributed by atoms with E-state index in [1.165, 1.54) is 33.6 Å². The van der Waals surface area contributed by atoms with Crippen molar-refractivity contribution in [2.75, 3.05) is 6.54 Å². The molecule has 1 aliphatic rings. The second kappa shape index (κ2) is 4.15. The fraction of sp³-hybridized carbons (Fsp3) is 0.462. The van der Waals surface area contributed by atoms with Crippen molar-refractivity contribution in [1.29, 1.82) is 0 Å². The quantitative estimate of drug-likeness (QED) is 0.859. The van der Waals surface area contributed by atoms with Crippen molar-refractivity contribution < 1.29 is 0 Å². The number of benzene rings is 1. The molecule has 3 rings (SSSR count). The molecule has 2 aromatic rings. The van der Waals surface area contributed by atoms with Crippen LogP contribution in [0.3, 0.4) is 0 Å². The molecule has 3 heteroatoms. The van der Waals surface area contributed by atoms with Gasteiger partial charge in [0.15, 0.2) is 0 Å². The number of hydrogen-bond donors (Lipinski definition) is 1. The first-order chi connectivity index (χ1) is 7.88. The fourth-order valence-electron chi connectivity index (χ4n) is 2.35. The number of nitrogens with one attached hydrogen (secondary N) is 1. The summed E-state index contributed by atoms with van der Waals surface area (Å²) in [4.78, 5) is 4.82. The maximum Gasteiger partial charge on any atom is 0.111 e. The van der Waals surface area contributed by atoms with Gasteiger partial charge < -0.3 is 5.32 Å². The summed E-state index contributed by atoms with van der Waals surface area (Å²) in [5.74, 6) is 0. The highest BCUT2D eigenvalue weighted by molar-refractivity contribution is 7.18. The molecule has 0 spiro atoms. The molecule has 2 nitrogen and oxygen atoms in total. The van der Waals surface area contributed by atoms with Crippen molar-refractivity contribution in [3.63, 3.8) is 0 Å². The Labute approximate surface area is 99.7 Å². The molecule has 0 aliphatic carbocycles. The minimum Gasteiger partial charge on any atom is -0.308 e. The molecule has 1 N–H and O–H groups in total. The number of nitrogens with zero attached hydrogens (tertiary/aromatic N) is 1. The SMILES string of the molecule is CCc1cccc2sc(C3CCCN3)nc12. The van der Waals surface area contributed by atoms with Gasteiger partial charge in [-0.05, 0) is 37.4 Å². The molecule has 1 fully saturated rings. The standard InChI is InChI=1S/C13H16N2S/c1-2-9-5-3-7-11-12(9)15-13(16-11)10-6-4-8-14-10/h3,5,7,10,14H,2,4,6,8H2,1H3. The van der Waals surface area contributed by atoms with Crippen molar-refractivity contribution in [1.82, 2.24) is 10.3 Å². The lowest BCUT2D eigenvalue weighted by Gasteiger charge is -2.03. The molecule has 1 aromatic carbocycles. The summed E-state index contributed by atoms with van der Waals surface area (Å²) < 4.78 is 1.34. The van der Waals surface area contributed by atoms with Crippen molar-refractivity contribution in [2.24, 2.45) is 0 Å². The van der Waals surface area contributed by atoms with E-state index < -0.39 is 0 Å². The Morgan fingerprint density at radius 2 is 2.44 bits per heavy atom. The molecule has 2 heterocycles. The van der Waals surface area contributed by atoms with E-state index >= 15 is 0 Å². The molecule has 0 bridgehead atoms. The molecule has 1 saturated heterocycles. The van der Waals surface area contributed by atoms with Crippen LogP contribution in [0.15, 0.2) is 18.2 Å². The van der Waals surface area contributed by atoms with Crippen molar-refractivity contribution >= 4 is 21.6 Å². The normalized spacial score (nSPS) is 20.7. The molecule has 1 atom stereocenters. The van der Waals surface area contributed by atoms with Crippen LogP contribution in [0, 0.1) is 0 Å². The lowest BCUT2D eigenvalue weighted by Crippen LogP contribution is -2.12. The van der Waals surface area contributed by atoms with E-state index in [0.717, 1.165) is 13.0 Å². The van der Waals surface area contributed by atoms with Gasteiger partial charge in [-0.1, -0.05) is 19.1 Å². The van der Waals surface area contributed by atoms with Crippen LogP contribution in [-0.2, 0) is 6.42 Å². The molecule has 0 saturated carbocycles. The number of aryl methyl sites for hydroxylation is 1. The minimum absolute atomic E-state index is 0.502. The molecule has 0 radical (unpaired) electrons. The zero-order valence-electron chi connectivity index (χ0n) is 9.49. The van der Waals surface area contributed by atoms with Crippen molar-refractivity contribution in [3.8, 4) is 0 Å². The Morgan fingerprint density at radius 1 is 1.50 bits per heavy atom. The van der Waals surface area contributed by atoms with E-state index in [2.05, 4.69) is 30.4 Å². The maximum atomic E-state index is 4.82. The molecule has 0 amide bonds. The average Bonchev–Trinajstić information content (AvgIpc) is 2.96. The molecule has 84 valence electrons. The summed E-state index contributed by atoms with van der Waals surface area (Å²) in [5, 5.41) is 4.79. The summed E-state index contributed by atoms with van der Waals surface area (Å²) in [5.41, 5.74) is 2.59. The second-order valence-corrected chi connectivity index (χ2v) is 5.38. The molecular formula is C13H16N2S. The van der Waals surface area contributed by atoms with Gasteiger partial charge in [-0.2, -0.15) is 0 Å². The van der Waals surface area contributed by atoms with Gasteiger partial charge in [0.2, 0.25) is 0 Å². The first kappa shape index (κ1) is 10.2. The fourth-order valence-corrected chi connectivity index (χ4v) is 3.48. The summed E-state index contributed by atoms with van der Waals surface area (Å²) in [6, 6.07) is 7.02. The second-order valence-electron chi connectivity index (χ2n) is 4.32. The lowest BCUT2D eigenvalue weighted by atomic mass is 10.1.